The van der Waals surface area contributed by atoms with E-state index in [1.54, 1.807) is 26.0 Å². The highest BCUT2D eigenvalue weighted by atomic mass is 32.2. The number of amides is 1. The lowest BCUT2D eigenvalue weighted by atomic mass is 9.99. The topological polar surface area (TPSA) is 78.5 Å². The number of nitrogens with zero attached hydrogens (tertiary/aromatic N) is 1. The summed E-state index contributed by atoms with van der Waals surface area (Å²) in [5, 5.41) is 2.88. The Bertz CT molecular complexity index is 686. The molecule has 140 valence electrons. The first-order valence-corrected chi connectivity index (χ1v) is 10.3. The maximum atomic E-state index is 12.5. The largest absolute Gasteiger partial charge is 0.325 e. The van der Waals surface area contributed by atoms with Crippen molar-refractivity contribution in [3.8, 4) is 0 Å². The molecule has 1 aliphatic heterocycles. The molecule has 2 N–H and O–H groups in total. The van der Waals surface area contributed by atoms with Gasteiger partial charge in [-0.1, -0.05) is 6.92 Å². The second-order valence-corrected chi connectivity index (χ2v) is 8.92. The van der Waals surface area contributed by atoms with E-state index in [1.807, 2.05) is 6.92 Å². The van der Waals surface area contributed by atoms with Crippen LogP contribution in [0.25, 0.3) is 0 Å². The van der Waals surface area contributed by atoms with E-state index in [1.165, 1.54) is 18.6 Å². The summed E-state index contributed by atoms with van der Waals surface area (Å²) in [7, 11) is -3.52. The smallest absolute Gasteiger partial charge is 0.241 e. The monoisotopic (exact) mass is 367 g/mol. The lowest BCUT2D eigenvalue weighted by Crippen LogP contribution is -2.46. The number of benzene rings is 1. The summed E-state index contributed by atoms with van der Waals surface area (Å²) in [6.45, 7) is 9.55. The van der Waals surface area contributed by atoms with Crippen LogP contribution in [0.15, 0.2) is 29.2 Å². The van der Waals surface area contributed by atoms with E-state index in [0.29, 0.717) is 11.6 Å². The zero-order valence-electron chi connectivity index (χ0n) is 15.5. The van der Waals surface area contributed by atoms with Gasteiger partial charge in [-0.05, 0) is 70.3 Å². The highest BCUT2D eigenvalue weighted by Crippen LogP contribution is 2.19. The van der Waals surface area contributed by atoms with Crippen molar-refractivity contribution in [1.29, 1.82) is 0 Å². The Labute approximate surface area is 151 Å². The highest BCUT2D eigenvalue weighted by Gasteiger charge is 2.25. The molecule has 1 amide bonds. The molecule has 2 atom stereocenters. The predicted octanol–water partition coefficient (Wildman–Crippen LogP) is 2.43. The summed E-state index contributed by atoms with van der Waals surface area (Å²) in [5.74, 6) is 0.548. The van der Waals surface area contributed by atoms with E-state index >= 15 is 0 Å². The second kappa shape index (κ2) is 8.29. The van der Waals surface area contributed by atoms with Gasteiger partial charge in [-0.25, -0.2) is 13.1 Å². The molecule has 1 fully saturated rings. The number of anilines is 1. The first kappa shape index (κ1) is 19.9. The van der Waals surface area contributed by atoms with E-state index in [4.69, 9.17) is 0 Å². The van der Waals surface area contributed by atoms with Crippen LogP contribution in [0.1, 0.15) is 40.5 Å². The standard InChI is InChI=1S/C18H29N3O3S/c1-13(2)20-25(23,24)17-9-7-16(8-10-17)19-18(22)15(4)21-11-5-6-14(3)12-21/h7-10,13-15,20H,5-6,11-12H2,1-4H3,(H,19,22)/t14-,15+/m1/s1. The van der Waals surface area contributed by atoms with Gasteiger partial charge in [0.05, 0.1) is 10.9 Å². The average molecular weight is 368 g/mol. The van der Waals surface area contributed by atoms with Crippen molar-refractivity contribution in [2.45, 2.75) is 57.5 Å². The van der Waals surface area contributed by atoms with E-state index in [2.05, 4.69) is 21.9 Å². The Morgan fingerprint density at radius 1 is 1.20 bits per heavy atom. The van der Waals surface area contributed by atoms with Crippen molar-refractivity contribution in [2.75, 3.05) is 18.4 Å². The minimum absolute atomic E-state index is 0.0648. The number of likely N-dealkylation sites (tertiary alicyclic amines) is 1. The van der Waals surface area contributed by atoms with Gasteiger partial charge < -0.3 is 5.32 Å². The molecule has 2 rings (SSSR count). The van der Waals surface area contributed by atoms with Crippen LogP contribution in [0.2, 0.25) is 0 Å². The highest BCUT2D eigenvalue weighted by molar-refractivity contribution is 7.89. The number of hydrogen-bond donors (Lipinski definition) is 2. The molecule has 0 unspecified atom stereocenters. The van der Waals surface area contributed by atoms with Crippen LogP contribution >= 0.6 is 0 Å². The Hall–Kier alpha value is -1.44. The molecule has 1 heterocycles. The summed E-state index contributed by atoms with van der Waals surface area (Å²) in [5.41, 5.74) is 0.602. The van der Waals surface area contributed by atoms with Gasteiger partial charge in [0.1, 0.15) is 0 Å². The van der Waals surface area contributed by atoms with Crippen molar-refractivity contribution in [1.82, 2.24) is 9.62 Å². The SMILES string of the molecule is CC(C)NS(=O)(=O)c1ccc(NC(=O)[C@H](C)N2CCC[C@@H](C)C2)cc1. The molecular weight excluding hydrogens is 338 g/mol. The number of carbonyl (C=O) groups excluding carboxylic acids is 1. The van der Waals surface area contributed by atoms with Crippen molar-refractivity contribution in [3.63, 3.8) is 0 Å². The Balaban J connectivity index is 1.99. The molecule has 0 aliphatic carbocycles. The molecule has 1 aromatic carbocycles. The Kier molecular flexibility index (Phi) is 6.59. The third-order valence-electron chi connectivity index (χ3n) is 4.44. The summed E-state index contributed by atoms with van der Waals surface area (Å²) < 4.78 is 26.8. The minimum Gasteiger partial charge on any atom is -0.325 e. The normalized spacial score (nSPS) is 20.4. The molecule has 1 aromatic rings. The number of piperidine rings is 1. The summed E-state index contributed by atoms with van der Waals surface area (Å²) in [6.07, 6.45) is 2.33. The van der Waals surface area contributed by atoms with Crippen LogP contribution in [0.5, 0.6) is 0 Å². The average Bonchev–Trinajstić information content (AvgIpc) is 2.53. The van der Waals surface area contributed by atoms with Gasteiger partial charge in [-0.3, -0.25) is 9.69 Å². The molecule has 0 saturated carbocycles. The maximum absolute atomic E-state index is 12.5. The van der Waals surface area contributed by atoms with Crippen LogP contribution in [0.3, 0.4) is 0 Å². The van der Waals surface area contributed by atoms with E-state index < -0.39 is 10.0 Å². The fourth-order valence-corrected chi connectivity index (χ4v) is 4.34. The number of nitrogens with one attached hydrogen (secondary N) is 2. The molecular formula is C18H29N3O3S. The third-order valence-corrected chi connectivity index (χ3v) is 6.11. The van der Waals surface area contributed by atoms with Crippen LogP contribution in [0.4, 0.5) is 5.69 Å². The van der Waals surface area contributed by atoms with Crippen molar-refractivity contribution < 1.29 is 13.2 Å². The molecule has 6 nitrogen and oxygen atoms in total. The zero-order chi connectivity index (χ0) is 18.6. The van der Waals surface area contributed by atoms with Crippen molar-refractivity contribution in [3.05, 3.63) is 24.3 Å². The summed E-state index contributed by atoms with van der Waals surface area (Å²) in [4.78, 5) is 14.9. The van der Waals surface area contributed by atoms with Crippen LogP contribution in [0, 0.1) is 5.92 Å². The van der Waals surface area contributed by atoms with Crippen LogP contribution < -0.4 is 10.0 Å². The molecule has 25 heavy (non-hydrogen) atoms. The van der Waals surface area contributed by atoms with Gasteiger partial charge in [0, 0.05) is 18.3 Å². The molecule has 1 saturated heterocycles. The molecule has 0 bridgehead atoms. The summed E-state index contributed by atoms with van der Waals surface area (Å²) in [6, 6.07) is 5.89. The Morgan fingerprint density at radius 3 is 2.40 bits per heavy atom. The minimum atomic E-state index is -3.52. The van der Waals surface area contributed by atoms with Gasteiger partial charge in [0.25, 0.3) is 0 Å². The van der Waals surface area contributed by atoms with E-state index in [9.17, 15) is 13.2 Å². The number of hydrogen-bond acceptors (Lipinski definition) is 4. The number of sulfonamides is 1. The fraction of sp³-hybridized carbons (Fsp3) is 0.611. The van der Waals surface area contributed by atoms with Gasteiger partial charge >= 0.3 is 0 Å². The first-order chi connectivity index (χ1) is 11.7. The maximum Gasteiger partial charge on any atom is 0.241 e. The van der Waals surface area contributed by atoms with E-state index in [0.717, 1.165) is 19.5 Å². The molecule has 0 radical (unpaired) electrons. The van der Waals surface area contributed by atoms with E-state index in [-0.39, 0.29) is 22.9 Å². The van der Waals surface area contributed by atoms with Gasteiger partial charge in [0.2, 0.25) is 15.9 Å². The third kappa shape index (κ3) is 5.52. The molecule has 0 aromatic heterocycles. The summed E-state index contributed by atoms with van der Waals surface area (Å²) >= 11 is 0. The van der Waals surface area contributed by atoms with Gasteiger partial charge in [0.15, 0.2) is 0 Å². The number of carbonyl (C=O) groups is 1. The molecule has 1 aliphatic rings. The first-order valence-electron chi connectivity index (χ1n) is 8.86. The van der Waals surface area contributed by atoms with Crippen LogP contribution in [-0.4, -0.2) is 44.4 Å². The predicted molar refractivity (Wildman–Crippen MR) is 100.0 cm³/mol. The van der Waals surface area contributed by atoms with Gasteiger partial charge in [-0.2, -0.15) is 0 Å². The molecule has 0 spiro atoms. The fourth-order valence-electron chi connectivity index (χ4n) is 3.09. The van der Waals surface area contributed by atoms with Crippen molar-refractivity contribution >= 4 is 21.6 Å². The number of rotatable bonds is 6. The quantitative estimate of drug-likeness (QED) is 0.809. The lowest BCUT2D eigenvalue weighted by Gasteiger charge is -2.34. The van der Waals surface area contributed by atoms with Gasteiger partial charge in [-0.15, -0.1) is 0 Å². The second-order valence-electron chi connectivity index (χ2n) is 7.21. The zero-order valence-corrected chi connectivity index (χ0v) is 16.3. The Morgan fingerprint density at radius 2 is 1.84 bits per heavy atom. The molecule has 7 heteroatoms. The van der Waals surface area contributed by atoms with Crippen LogP contribution in [-0.2, 0) is 14.8 Å². The van der Waals surface area contributed by atoms with Crippen molar-refractivity contribution in [2.24, 2.45) is 5.92 Å². The lowest BCUT2D eigenvalue weighted by molar-refractivity contribution is -0.121.